The molecule has 0 saturated carbocycles. The normalized spacial score (nSPS) is 20.7. The predicted octanol–water partition coefficient (Wildman–Crippen LogP) is 12.1. The van der Waals surface area contributed by atoms with Gasteiger partial charge in [-0.25, -0.2) is 0 Å². The van der Waals surface area contributed by atoms with E-state index in [0.717, 1.165) is 22.3 Å². The molecule has 2 atom stereocenters. The highest BCUT2D eigenvalue weighted by Crippen LogP contribution is 2.59. The van der Waals surface area contributed by atoms with E-state index >= 15 is 0 Å². The van der Waals surface area contributed by atoms with E-state index in [1.165, 1.54) is 54.9 Å². The number of rotatable bonds is 4. The van der Waals surface area contributed by atoms with Gasteiger partial charge < -0.3 is 0 Å². The van der Waals surface area contributed by atoms with Crippen LogP contribution in [0, 0.1) is 0 Å². The molecule has 0 N–H and O–H groups in total. The fourth-order valence-corrected chi connectivity index (χ4v) is 8.32. The Kier molecular flexibility index (Phi) is 5.99. The molecule has 43 heavy (non-hydrogen) atoms. The Hall–Kier alpha value is -4.10. The van der Waals surface area contributed by atoms with Gasteiger partial charge >= 0.3 is 0 Å². The van der Waals surface area contributed by atoms with E-state index in [4.69, 9.17) is 23.2 Å². The van der Waals surface area contributed by atoms with Gasteiger partial charge in [-0.1, -0.05) is 133 Å². The lowest BCUT2D eigenvalue weighted by Crippen LogP contribution is -2.30. The maximum absolute atomic E-state index is 7.79. The molecule has 0 aliphatic heterocycles. The third-order valence-corrected chi connectivity index (χ3v) is 11.0. The Labute approximate surface area is 262 Å². The van der Waals surface area contributed by atoms with Gasteiger partial charge in [0, 0.05) is 6.42 Å². The lowest BCUT2D eigenvalue weighted by atomic mass is 9.79. The highest BCUT2D eigenvalue weighted by Gasteiger charge is 2.49. The minimum atomic E-state index is -0.732. The first-order chi connectivity index (χ1) is 20.9. The van der Waals surface area contributed by atoms with Crippen LogP contribution in [0.15, 0.2) is 132 Å². The summed E-state index contributed by atoms with van der Waals surface area (Å²) in [5, 5.41) is 4.96. The zero-order valence-corrected chi connectivity index (χ0v) is 25.7. The fraction of sp³-hybridized carbons (Fsp3) is 0.122. The third-order valence-electron chi connectivity index (χ3n) is 9.68. The summed E-state index contributed by atoms with van der Waals surface area (Å²) in [5.41, 5.74) is 11.8. The van der Waals surface area contributed by atoms with Crippen molar-refractivity contribution in [3.63, 3.8) is 0 Å². The highest BCUT2D eigenvalue weighted by atomic mass is 35.5. The number of allylic oxidation sites excluding steroid dienone is 2. The molecule has 0 aromatic heterocycles. The van der Waals surface area contributed by atoms with Crippen molar-refractivity contribution in [1.82, 2.24) is 0 Å². The Morgan fingerprint density at radius 3 is 1.28 bits per heavy atom. The van der Waals surface area contributed by atoms with E-state index in [1.807, 2.05) is 0 Å². The minimum absolute atomic E-state index is 0.561. The van der Waals surface area contributed by atoms with E-state index in [0.29, 0.717) is 6.42 Å². The first kappa shape index (κ1) is 26.5. The van der Waals surface area contributed by atoms with Crippen molar-refractivity contribution in [2.24, 2.45) is 0 Å². The van der Waals surface area contributed by atoms with Crippen LogP contribution in [0.3, 0.4) is 0 Å². The zero-order valence-electron chi connectivity index (χ0n) is 24.2. The molecule has 0 heterocycles. The van der Waals surface area contributed by atoms with Crippen LogP contribution in [0.5, 0.6) is 0 Å². The molecule has 0 fully saturated rings. The fourth-order valence-electron chi connectivity index (χ4n) is 7.41. The molecule has 0 bridgehead atoms. The van der Waals surface area contributed by atoms with E-state index < -0.39 is 9.75 Å². The summed E-state index contributed by atoms with van der Waals surface area (Å²) < 4.78 is 0. The van der Waals surface area contributed by atoms with Crippen molar-refractivity contribution in [1.29, 1.82) is 0 Å². The third kappa shape index (κ3) is 3.90. The summed E-state index contributed by atoms with van der Waals surface area (Å²) in [6, 6.07) is 43.3. The first-order valence-electron chi connectivity index (χ1n) is 14.9. The summed E-state index contributed by atoms with van der Waals surface area (Å²) in [5.74, 6) is 0. The molecule has 208 valence electrons. The Morgan fingerprint density at radius 1 is 0.442 bits per heavy atom. The molecule has 6 aromatic rings. The molecule has 0 radical (unpaired) electrons. The van der Waals surface area contributed by atoms with E-state index in [1.54, 1.807) is 0 Å². The van der Waals surface area contributed by atoms with E-state index in [2.05, 4.69) is 147 Å². The maximum Gasteiger partial charge on any atom is 0.0934 e. The maximum atomic E-state index is 7.79. The number of alkyl halides is 2. The molecule has 8 rings (SSSR count). The van der Waals surface area contributed by atoms with Crippen molar-refractivity contribution in [3.05, 3.63) is 155 Å². The van der Waals surface area contributed by atoms with Gasteiger partial charge in [-0.05, 0) is 91.0 Å². The van der Waals surface area contributed by atoms with Crippen LogP contribution in [-0.2, 0) is 9.75 Å². The lowest BCUT2D eigenvalue weighted by molar-refractivity contribution is 0.545. The van der Waals surface area contributed by atoms with E-state index in [-0.39, 0.29) is 0 Å². The summed E-state index contributed by atoms with van der Waals surface area (Å²) in [6.07, 6.45) is 5.12. The molecule has 2 unspecified atom stereocenters. The quantitative estimate of drug-likeness (QED) is 0.178. The Balaban J connectivity index is 1.25. The van der Waals surface area contributed by atoms with Gasteiger partial charge in [0.05, 0.1) is 9.75 Å². The number of hydrogen-bond donors (Lipinski definition) is 0. The largest absolute Gasteiger partial charge is 0.109 e. The van der Waals surface area contributed by atoms with Crippen LogP contribution in [0.4, 0.5) is 0 Å². The van der Waals surface area contributed by atoms with Crippen LogP contribution in [0.1, 0.15) is 42.5 Å². The lowest BCUT2D eigenvalue weighted by Gasteiger charge is -2.36. The van der Waals surface area contributed by atoms with E-state index in [9.17, 15) is 0 Å². The second-order valence-corrected chi connectivity index (χ2v) is 13.3. The Morgan fingerprint density at radius 2 is 0.814 bits per heavy atom. The number of benzene rings is 6. The van der Waals surface area contributed by atoms with Crippen molar-refractivity contribution < 1.29 is 0 Å². The molecular formula is C41H30Cl2. The van der Waals surface area contributed by atoms with Crippen molar-refractivity contribution in [2.75, 3.05) is 0 Å². The van der Waals surface area contributed by atoms with Gasteiger partial charge in [0.2, 0.25) is 0 Å². The molecule has 0 nitrogen and oxygen atoms in total. The van der Waals surface area contributed by atoms with Crippen LogP contribution in [0.2, 0.25) is 0 Å². The molecule has 2 heteroatoms. The number of hydrogen-bond acceptors (Lipinski definition) is 0. The van der Waals surface area contributed by atoms with Crippen LogP contribution in [-0.4, -0.2) is 0 Å². The molecule has 0 saturated heterocycles. The van der Waals surface area contributed by atoms with Crippen LogP contribution >= 0.6 is 23.2 Å². The van der Waals surface area contributed by atoms with Gasteiger partial charge in [0.25, 0.3) is 0 Å². The monoisotopic (exact) mass is 592 g/mol. The second-order valence-electron chi connectivity index (χ2n) is 12.0. The molecule has 2 aliphatic carbocycles. The number of fused-ring (bicyclic) bond motifs is 4. The highest BCUT2D eigenvalue weighted by molar-refractivity contribution is 6.31. The summed E-state index contributed by atoms with van der Waals surface area (Å²) in [7, 11) is 0. The second kappa shape index (κ2) is 9.71. The molecule has 0 spiro atoms. The number of halogens is 2. The SMILES string of the molecule is CC1=Cc2c(-c3cccc4ccccc34)cccc2C1(Cl)CC1(Cl)C(C)=Cc2c(-c3cccc4ccccc34)cccc21. The molecule has 0 amide bonds. The summed E-state index contributed by atoms with van der Waals surface area (Å²) in [6.45, 7) is 4.31. The van der Waals surface area contributed by atoms with Gasteiger partial charge in [0.1, 0.15) is 0 Å². The summed E-state index contributed by atoms with van der Waals surface area (Å²) >= 11 is 15.6. The van der Waals surface area contributed by atoms with Gasteiger partial charge in [-0.2, -0.15) is 0 Å². The first-order valence-corrected chi connectivity index (χ1v) is 15.6. The van der Waals surface area contributed by atoms with Crippen LogP contribution in [0.25, 0.3) is 56.0 Å². The van der Waals surface area contributed by atoms with Crippen molar-refractivity contribution >= 4 is 56.9 Å². The summed E-state index contributed by atoms with van der Waals surface area (Å²) in [4.78, 5) is -1.46. The predicted molar refractivity (Wildman–Crippen MR) is 186 cm³/mol. The van der Waals surface area contributed by atoms with Gasteiger partial charge in [-0.3, -0.25) is 0 Å². The topological polar surface area (TPSA) is 0 Å². The smallest absolute Gasteiger partial charge is 0.0934 e. The Bertz CT molecular complexity index is 2000. The standard InChI is InChI=1S/C41H30Cl2/c1-26-23-36-34(32-17-7-13-28-11-3-5-15-30(28)32)19-9-21-38(36)40(26,42)25-41(43)27(2)24-37-35(20-10-22-39(37)41)33-18-8-14-29-12-4-6-16-31(29)33/h3-24H,25H2,1-2H3. The molecular weight excluding hydrogens is 563 g/mol. The van der Waals surface area contributed by atoms with Crippen LogP contribution < -0.4 is 0 Å². The van der Waals surface area contributed by atoms with Gasteiger partial charge in [0.15, 0.2) is 0 Å². The molecule has 6 aromatic carbocycles. The average Bonchev–Trinajstić information content (AvgIpc) is 3.44. The minimum Gasteiger partial charge on any atom is -0.109 e. The zero-order chi connectivity index (χ0) is 29.3. The van der Waals surface area contributed by atoms with Gasteiger partial charge in [-0.15, -0.1) is 23.2 Å². The average molecular weight is 594 g/mol. The molecule has 2 aliphatic rings. The van der Waals surface area contributed by atoms with Crippen molar-refractivity contribution in [3.8, 4) is 22.3 Å². The van der Waals surface area contributed by atoms with Crippen molar-refractivity contribution in [2.45, 2.75) is 30.0 Å².